The average molecular weight is 298 g/mol. The molecule has 0 saturated heterocycles. The first-order valence-corrected chi connectivity index (χ1v) is 6.69. The quantitative estimate of drug-likeness (QED) is 0.358. The molecule has 18 heavy (non-hydrogen) atoms. The van der Waals surface area contributed by atoms with Gasteiger partial charge in [-0.25, -0.2) is 0 Å². The fourth-order valence-corrected chi connectivity index (χ4v) is 3.27. The van der Waals surface area contributed by atoms with E-state index >= 15 is 0 Å². The van der Waals surface area contributed by atoms with Crippen molar-refractivity contribution in [1.29, 1.82) is 0 Å². The second-order valence-corrected chi connectivity index (χ2v) is 5.84. The number of carboxylic acids is 4. The molecule has 0 aromatic carbocycles. The van der Waals surface area contributed by atoms with Crippen molar-refractivity contribution in [3.8, 4) is 0 Å². The molecule has 0 saturated carbocycles. The van der Waals surface area contributed by atoms with Crippen LogP contribution in [0.15, 0.2) is 0 Å². The lowest BCUT2D eigenvalue weighted by Gasteiger charge is -2.16. The molecule has 0 aliphatic rings. The Balaban J connectivity index is 4.85. The van der Waals surface area contributed by atoms with Crippen LogP contribution in [-0.2, 0) is 19.2 Å². The van der Waals surface area contributed by atoms with Gasteiger partial charge in [0, 0.05) is 0 Å². The topological polar surface area (TPSA) is 149 Å². The van der Waals surface area contributed by atoms with Gasteiger partial charge < -0.3 is 20.4 Å². The fourth-order valence-electron chi connectivity index (χ4n) is 0.788. The Labute approximate surface area is 109 Å². The molecule has 2 atom stereocenters. The molecule has 0 heterocycles. The number of hydrogen-bond acceptors (Lipinski definition) is 6. The molecule has 0 aromatic heterocycles. The standard InChI is InChI=1S/C8H10O8S2/c1-2(5(9)10)17-18-4(8(15)16)3(6(11)12)7(13)14/h2-4H,1H3,(H,9,10)(H,11,12)(H,13,14)(H,15,16). The van der Waals surface area contributed by atoms with Crippen molar-refractivity contribution in [3.63, 3.8) is 0 Å². The predicted molar refractivity (Wildman–Crippen MR) is 62.5 cm³/mol. The van der Waals surface area contributed by atoms with Gasteiger partial charge in [-0.1, -0.05) is 21.6 Å². The first-order chi connectivity index (χ1) is 8.18. The second-order valence-electron chi connectivity index (χ2n) is 3.09. The molecular weight excluding hydrogens is 288 g/mol. The van der Waals surface area contributed by atoms with E-state index in [-0.39, 0.29) is 0 Å². The van der Waals surface area contributed by atoms with Gasteiger partial charge in [-0.3, -0.25) is 19.2 Å². The summed E-state index contributed by atoms with van der Waals surface area (Å²) in [4.78, 5) is 42.7. The minimum Gasteiger partial charge on any atom is -0.481 e. The van der Waals surface area contributed by atoms with E-state index in [9.17, 15) is 19.2 Å². The summed E-state index contributed by atoms with van der Waals surface area (Å²) in [6.07, 6.45) is 0. The molecule has 2 unspecified atom stereocenters. The minimum absolute atomic E-state index is 0.405. The summed E-state index contributed by atoms with van der Waals surface area (Å²) < 4.78 is 0. The molecule has 0 fully saturated rings. The van der Waals surface area contributed by atoms with Crippen LogP contribution in [0.4, 0.5) is 0 Å². The largest absolute Gasteiger partial charge is 0.481 e. The number of rotatable bonds is 8. The Hall–Kier alpha value is -1.42. The molecule has 0 bridgehead atoms. The van der Waals surface area contributed by atoms with Crippen molar-refractivity contribution in [2.45, 2.75) is 17.4 Å². The maximum absolute atomic E-state index is 10.8. The molecule has 102 valence electrons. The number of carbonyl (C=O) groups is 4. The van der Waals surface area contributed by atoms with Crippen LogP contribution in [0.3, 0.4) is 0 Å². The normalized spacial score (nSPS) is 13.9. The summed E-state index contributed by atoms with van der Waals surface area (Å²) in [7, 11) is 0.999. The van der Waals surface area contributed by atoms with Gasteiger partial charge in [0.1, 0.15) is 10.5 Å². The Morgan fingerprint density at radius 2 is 1.22 bits per heavy atom. The van der Waals surface area contributed by atoms with Crippen molar-refractivity contribution in [3.05, 3.63) is 0 Å². The van der Waals surface area contributed by atoms with Crippen LogP contribution in [-0.4, -0.2) is 54.8 Å². The van der Waals surface area contributed by atoms with Gasteiger partial charge in [0.25, 0.3) is 0 Å². The molecule has 0 spiro atoms. The molecule has 0 rings (SSSR count). The SMILES string of the molecule is CC(SSC(C(=O)O)C(C(=O)O)C(=O)O)C(=O)O. The van der Waals surface area contributed by atoms with Crippen molar-refractivity contribution in [2.24, 2.45) is 5.92 Å². The fraction of sp³-hybridized carbons (Fsp3) is 0.500. The van der Waals surface area contributed by atoms with E-state index in [4.69, 9.17) is 20.4 Å². The van der Waals surface area contributed by atoms with Crippen LogP contribution in [0.1, 0.15) is 6.92 Å². The Morgan fingerprint density at radius 3 is 1.50 bits per heavy atom. The van der Waals surface area contributed by atoms with E-state index in [1.54, 1.807) is 0 Å². The number of carboxylic acid groups (broad SMARTS) is 4. The summed E-state index contributed by atoms with van der Waals surface area (Å²) in [5.74, 6) is -8.54. The first kappa shape index (κ1) is 16.6. The highest BCUT2D eigenvalue weighted by Crippen LogP contribution is 2.35. The zero-order chi connectivity index (χ0) is 14.5. The van der Waals surface area contributed by atoms with Gasteiger partial charge in [-0.05, 0) is 6.92 Å². The van der Waals surface area contributed by atoms with Gasteiger partial charge in [0.15, 0.2) is 5.92 Å². The predicted octanol–water partition coefficient (Wildman–Crippen LogP) is 0.0795. The summed E-state index contributed by atoms with van der Waals surface area (Å²) in [6, 6.07) is 0. The highest BCUT2D eigenvalue weighted by atomic mass is 33.1. The van der Waals surface area contributed by atoms with E-state index in [2.05, 4.69) is 0 Å². The lowest BCUT2D eigenvalue weighted by molar-refractivity contribution is -0.158. The Morgan fingerprint density at radius 1 is 0.778 bits per heavy atom. The van der Waals surface area contributed by atoms with E-state index in [0.717, 1.165) is 0 Å². The second kappa shape index (κ2) is 7.11. The van der Waals surface area contributed by atoms with E-state index < -0.39 is 40.3 Å². The number of aliphatic carboxylic acids is 4. The van der Waals surface area contributed by atoms with Gasteiger partial charge in [0.2, 0.25) is 0 Å². The zero-order valence-corrected chi connectivity index (χ0v) is 10.6. The average Bonchev–Trinajstić information content (AvgIpc) is 2.21. The maximum atomic E-state index is 10.8. The smallest absolute Gasteiger partial charge is 0.319 e. The van der Waals surface area contributed by atoms with E-state index in [1.807, 2.05) is 0 Å². The zero-order valence-electron chi connectivity index (χ0n) is 8.97. The van der Waals surface area contributed by atoms with Crippen molar-refractivity contribution in [1.82, 2.24) is 0 Å². The van der Waals surface area contributed by atoms with Crippen LogP contribution in [0, 0.1) is 5.92 Å². The Kier molecular flexibility index (Phi) is 6.55. The van der Waals surface area contributed by atoms with Gasteiger partial charge in [-0.2, -0.15) is 0 Å². The van der Waals surface area contributed by atoms with E-state index in [0.29, 0.717) is 21.6 Å². The third-order valence-electron chi connectivity index (χ3n) is 1.73. The molecule has 0 aliphatic carbocycles. The van der Waals surface area contributed by atoms with Crippen LogP contribution in [0.5, 0.6) is 0 Å². The summed E-state index contributed by atoms with van der Waals surface area (Å²) in [5.41, 5.74) is 0. The third kappa shape index (κ3) is 4.84. The summed E-state index contributed by atoms with van der Waals surface area (Å²) in [6.45, 7) is 1.27. The van der Waals surface area contributed by atoms with Crippen LogP contribution in [0.2, 0.25) is 0 Å². The highest BCUT2D eigenvalue weighted by molar-refractivity contribution is 8.77. The molecule has 0 aromatic rings. The van der Waals surface area contributed by atoms with E-state index in [1.165, 1.54) is 6.92 Å². The van der Waals surface area contributed by atoms with Gasteiger partial charge >= 0.3 is 23.9 Å². The molecule has 0 radical (unpaired) electrons. The first-order valence-electron chi connectivity index (χ1n) is 4.41. The number of hydrogen-bond donors (Lipinski definition) is 4. The minimum atomic E-state index is -2.14. The molecular formula is C8H10O8S2. The van der Waals surface area contributed by atoms with Crippen molar-refractivity contribution in [2.75, 3.05) is 0 Å². The lowest BCUT2D eigenvalue weighted by atomic mass is 10.1. The summed E-state index contributed by atoms with van der Waals surface area (Å²) in [5, 5.41) is 31.9. The molecule has 10 heteroatoms. The van der Waals surface area contributed by atoms with Crippen molar-refractivity contribution >= 4 is 45.5 Å². The van der Waals surface area contributed by atoms with Crippen LogP contribution < -0.4 is 0 Å². The summed E-state index contributed by atoms with van der Waals surface area (Å²) >= 11 is 0. The van der Waals surface area contributed by atoms with Crippen LogP contribution in [0.25, 0.3) is 0 Å². The van der Waals surface area contributed by atoms with Gasteiger partial charge in [0.05, 0.1) is 0 Å². The molecule has 0 aliphatic heterocycles. The van der Waals surface area contributed by atoms with Crippen molar-refractivity contribution < 1.29 is 39.6 Å². The molecule has 0 amide bonds. The monoisotopic (exact) mass is 298 g/mol. The molecule has 4 N–H and O–H groups in total. The molecule has 8 nitrogen and oxygen atoms in total. The maximum Gasteiger partial charge on any atom is 0.319 e. The highest BCUT2D eigenvalue weighted by Gasteiger charge is 2.41. The van der Waals surface area contributed by atoms with Crippen LogP contribution >= 0.6 is 21.6 Å². The van der Waals surface area contributed by atoms with Gasteiger partial charge in [-0.15, -0.1) is 0 Å². The lowest BCUT2D eigenvalue weighted by Crippen LogP contribution is -2.38. The Bertz CT molecular complexity index is 354. The third-order valence-corrected chi connectivity index (χ3v) is 4.83.